The van der Waals surface area contributed by atoms with Gasteiger partial charge in [-0.3, -0.25) is 0 Å². The van der Waals surface area contributed by atoms with Crippen molar-refractivity contribution >= 4 is 5.97 Å². The van der Waals surface area contributed by atoms with Crippen molar-refractivity contribution in [3.05, 3.63) is 28.7 Å². The Kier molecular flexibility index (Phi) is 5.10. The minimum Gasteiger partial charge on any atom is -0.493 e. The zero-order chi connectivity index (χ0) is 13.5. The third kappa shape index (κ3) is 2.97. The summed E-state index contributed by atoms with van der Waals surface area (Å²) in [6.45, 7) is 1.85. The Balaban J connectivity index is 3.07. The number of nitroso groups, excluding NO2 is 1. The normalized spacial score (nSPS) is 11.5. The van der Waals surface area contributed by atoms with Crippen LogP contribution in [0.3, 0.4) is 0 Å². The molecule has 6 nitrogen and oxygen atoms in total. The van der Waals surface area contributed by atoms with Crippen molar-refractivity contribution in [1.29, 1.82) is 0 Å². The molecule has 0 heterocycles. The van der Waals surface area contributed by atoms with E-state index in [4.69, 9.17) is 14.2 Å². The minimum atomic E-state index is -1.19. The summed E-state index contributed by atoms with van der Waals surface area (Å²) in [5.74, 6) is 0.252. The van der Waals surface area contributed by atoms with Crippen molar-refractivity contribution < 1.29 is 19.0 Å². The molecular weight excluding hydrogens is 238 g/mol. The van der Waals surface area contributed by atoms with Gasteiger partial charge < -0.3 is 14.2 Å². The first kappa shape index (κ1) is 14.0. The average Bonchev–Trinajstić information content (AvgIpc) is 2.39. The van der Waals surface area contributed by atoms with Gasteiger partial charge in [-0.1, -0.05) is 6.07 Å². The molecule has 1 aromatic carbocycles. The first-order valence-electron chi connectivity index (χ1n) is 5.38. The fourth-order valence-corrected chi connectivity index (χ4v) is 1.48. The lowest BCUT2D eigenvalue weighted by Crippen LogP contribution is -2.14. The summed E-state index contributed by atoms with van der Waals surface area (Å²) in [6, 6.07) is 3.52. The van der Waals surface area contributed by atoms with Crippen LogP contribution < -0.4 is 9.47 Å². The van der Waals surface area contributed by atoms with Gasteiger partial charge in [-0.05, 0) is 29.8 Å². The highest BCUT2D eigenvalue weighted by Crippen LogP contribution is 2.31. The van der Waals surface area contributed by atoms with Gasteiger partial charge in [0.2, 0.25) is 6.04 Å². The number of carbonyl (C=O) groups excluding carboxylic acids is 1. The summed E-state index contributed by atoms with van der Waals surface area (Å²) >= 11 is 0. The maximum Gasteiger partial charge on any atom is 0.339 e. The zero-order valence-corrected chi connectivity index (χ0v) is 10.5. The summed E-state index contributed by atoms with van der Waals surface area (Å²) in [4.78, 5) is 22.3. The van der Waals surface area contributed by atoms with Gasteiger partial charge in [-0.15, -0.1) is 4.91 Å². The Labute approximate surface area is 105 Å². The molecule has 0 aliphatic heterocycles. The molecule has 0 saturated carbocycles. The van der Waals surface area contributed by atoms with E-state index in [1.165, 1.54) is 20.3 Å². The lowest BCUT2D eigenvalue weighted by atomic mass is 10.1. The molecule has 1 atom stereocenters. The van der Waals surface area contributed by atoms with E-state index in [0.29, 0.717) is 17.1 Å². The smallest absolute Gasteiger partial charge is 0.339 e. The van der Waals surface area contributed by atoms with Crippen LogP contribution in [0.1, 0.15) is 18.5 Å². The third-order valence-electron chi connectivity index (χ3n) is 2.34. The second-order valence-electron chi connectivity index (χ2n) is 3.37. The predicted molar refractivity (Wildman–Crippen MR) is 64.7 cm³/mol. The molecule has 6 heteroatoms. The Morgan fingerprint density at radius 1 is 1.28 bits per heavy atom. The number of hydrogen-bond acceptors (Lipinski definition) is 6. The number of nitrogens with zero attached hydrogens (tertiary/aromatic N) is 1. The largest absolute Gasteiger partial charge is 0.493 e. The summed E-state index contributed by atoms with van der Waals surface area (Å²) in [7, 11) is 2.97. The van der Waals surface area contributed by atoms with E-state index < -0.39 is 12.0 Å². The monoisotopic (exact) mass is 253 g/mol. The van der Waals surface area contributed by atoms with Crippen molar-refractivity contribution in [3.8, 4) is 11.5 Å². The van der Waals surface area contributed by atoms with E-state index in [2.05, 4.69) is 5.18 Å². The molecular formula is C12H15NO5. The summed E-state index contributed by atoms with van der Waals surface area (Å²) in [5.41, 5.74) is 0.404. The molecule has 98 valence electrons. The summed E-state index contributed by atoms with van der Waals surface area (Å²) in [5, 5.41) is 2.79. The van der Waals surface area contributed by atoms with Crippen molar-refractivity contribution in [2.75, 3.05) is 20.8 Å². The lowest BCUT2D eigenvalue weighted by Gasteiger charge is -2.12. The molecule has 0 aliphatic rings. The van der Waals surface area contributed by atoms with Crippen LogP contribution in [-0.2, 0) is 9.53 Å². The molecule has 0 saturated heterocycles. The van der Waals surface area contributed by atoms with Crippen LogP contribution in [0.2, 0.25) is 0 Å². The van der Waals surface area contributed by atoms with Crippen molar-refractivity contribution in [1.82, 2.24) is 0 Å². The van der Waals surface area contributed by atoms with Gasteiger partial charge in [-0.25, -0.2) is 4.79 Å². The van der Waals surface area contributed by atoms with Crippen LogP contribution in [0.15, 0.2) is 23.4 Å². The average molecular weight is 253 g/mol. The Hall–Kier alpha value is -2.11. The summed E-state index contributed by atoms with van der Waals surface area (Å²) in [6.07, 6.45) is 0. The number of rotatable bonds is 6. The van der Waals surface area contributed by atoms with Gasteiger partial charge in [0.15, 0.2) is 11.5 Å². The molecule has 0 aliphatic carbocycles. The fourth-order valence-electron chi connectivity index (χ4n) is 1.48. The number of methoxy groups -OCH3 is 2. The highest BCUT2D eigenvalue weighted by molar-refractivity contribution is 5.78. The number of esters is 1. The quantitative estimate of drug-likeness (QED) is 0.573. The first-order chi connectivity index (χ1) is 8.67. The van der Waals surface area contributed by atoms with Gasteiger partial charge >= 0.3 is 5.97 Å². The SMILES string of the molecule is CCOC(=O)C(N=O)c1ccc(OC)c(OC)c1. The topological polar surface area (TPSA) is 74.2 Å². The van der Waals surface area contributed by atoms with E-state index in [-0.39, 0.29) is 6.61 Å². The van der Waals surface area contributed by atoms with Gasteiger partial charge in [0, 0.05) is 0 Å². The molecule has 0 fully saturated rings. The molecule has 1 unspecified atom stereocenters. The maximum atomic E-state index is 11.5. The molecule has 0 amide bonds. The molecule has 0 radical (unpaired) electrons. The Morgan fingerprint density at radius 3 is 2.44 bits per heavy atom. The van der Waals surface area contributed by atoms with Gasteiger partial charge in [-0.2, -0.15) is 0 Å². The molecule has 0 spiro atoms. The summed E-state index contributed by atoms with van der Waals surface area (Å²) < 4.78 is 14.9. The second kappa shape index (κ2) is 6.58. The van der Waals surface area contributed by atoms with E-state index in [0.717, 1.165) is 0 Å². The van der Waals surface area contributed by atoms with Crippen LogP contribution in [0.25, 0.3) is 0 Å². The van der Waals surface area contributed by atoms with Crippen molar-refractivity contribution in [2.24, 2.45) is 5.18 Å². The molecule has 0 N–H and O–H groups in total. The molecule has 1 rings (SSSR count). The Bertz CT molecular complexity index is 432. The second-order valence-corrected chi connectivity index (χ2v) is 3.37. The fraction of sp³-hybridized carbons (Fsp3) is 0.417. The Morgan fingerprint density at radius 2 is 1.94 bits per heavy atom. The van der Waals surface area contributed by atoms with Crippen LogP contribution in [0.5, 0.6) is 11.5 Å². The predicted octanol–water partition coefficient (Wildman–Crippen LogP) is 2.07. The van der Waals surface area contributed by atoms with Crippen LogP contribution in [0.4, 0.5) is 0 Å². The standard InChI is InChI=1S/C12H15NO5/c1-4-18-12(14)11(13-15)8-5-6-9(16-2)10(7-8)17-3/h5-7,11H,4H2,1-3H3. The van der Waals surface area contributed by atoms with Gasteiger partial charge in [0.25, 0.3) is 0 Å². The van der Waals surface area contributed by atoms with E-state index in [1.807, 2.05) is 0 Å². The van der Waals surface area contributed by atoms with Gasteiger partial charge in [0.05, 0.1) is 20.8 Å². The van der Waals surface area contributed by atoms with E-state index in [9.17, 15) is 9.70 Å². The third-order valence-corrected chi connectivity index (χ3v) is 2.34. The van der Waals surface area contributed by atoms with Crippen LogP contribution in [0, 0.1) is 4.91 Å². The number of benzene rings is 1. The zero-order valence-electron chi connectivity index (χ0n) is 10.5. The maximum absolute atomic E-state index is 11.5. The molecule has 1 aromatic rings. The molecule has 0 bridgehead atoms. The number of carbonyl (C=O) groups is 1. The lowest BCUT2D eigenvalue weighted by molar-refractivity contribution is -0.144. The van der Waals surface area contributed by atoms with Crippen LogP contribution in [-0.4, -0.2) is 26.8 Å². The molecule has 18 heavy (non-hydrogen) atoms. The number of ether oxygens (including phenoxy) is 3. The van der Waals surface area contributed by atoms with Gasteiger partial charge in [0.1, 0.15) is 0 Å². The molecule has 0 aromatic heterocycles. The highest BCUT2D eigenvalue weighted by Gasteiger charge is 2.24. The highest BCUT2D eigenvalue weighted by atomic mass is 16.5. The van der Waals surface area contributed by atoms with Crippen LogP contribution >= 0.6 is 0 Å². The van der Waals surface area contributed by atoms with Crippen molar-refractivity contribution in [2.45, 2.75) is 13.0 Å². The minimum absolute atomic E-state index is 0.193. The first-order valence-corrected chi connectivity index (χ1v) is 5.38. The number of hydrogen-bond donors (Lipinski definition) is 0. The van der Waals surface area contributed by atoms with E-state index >= 15 is 0 Å². The van der Waals surface area contributed by atoms with Crippen molar-refractivity contribution in [3.63, 3.8) is 0 Å². The van der Waals surface area contributed by atoms with E-state index in [1.54, 1.807) is 19.1 Å².